The Balaban J connectivity index is 2.39. The van der Waals surface area contributed by atoms with Crippen LogP contribution in [0, 0.1) is 0 Å². The molecule has 0 saturated heterocycles. The van der Waals surface area contributed by atoms with Gasteiger partial charge in [-0.25, -0.2) is 9.97 Å². The molecule has 0 bridgehead atoms. The first-order valence-electron chi connectivity index (χ1n) is 6.85. The second-order valence-corrected chi connectivity index (χ2v) is 4.41. The summed E-state index contributed by atoms with van der Waals surface area (Å²) in [6, 6.07) is 5.57. The van der Waals surface area contributed by atoms with E-state index in [-0.39, 0.29) is 11.7 Å². The molecule has 0 amide bonds. The van der Waals surface area contributed by atoms with Gasteiger partial charge in [-0.3, -0.25) is 0 Å². The third-order valence-corrected chi connectivity index (χ3v) is 2.92. The van der Waals surface area contributed by atoms with Crippen molar-refractivity contribution in [3.05, 3.63) is 41.7 Å². The number of nitrogens with zero attached hydrogens (tertiary/aromatic N) is 3. The lowest BCUT2D eigenvalue weighted by Gasteiger charge is -2.12. The van der Waals surface area contributed by atoms with Crippen LogP contribution in [-0.4, -0.2) is 30.4 Å². The van der Waals surface area contributed by atoms with Gasteiger partial charge in [0.1, 0.15) is 24.8 Å². The Morgan fingerprint density at radius 2 is 2.00 bits per heavy atom. The molecule has 2 rings (SSSR count). The predicted molar refractivity (Wildman–Crippen MR) is 88.8 cm³/mol. The second-order valence-electron chi connectivity index (χ2n) is 4.41. The van der Waals surface area contributed by atoms with Crippen molar-refractivity contribution in [1.82, 2.24) is 9.97 Å². The van der Waals surface area contributed by atoms with Gasteiger partial charge in [-0.15, -0.1) is 0 Å². The van der Waals surface area contributed by atoms with Crippen LogP contribution in [0.4, 0.5) is 5.82 Å². The van der Waals surface area contributed by atoms with Gasteiger partial charge in [0.2, 0.25) is 5.88 Å². The zero-order chi connectivity index (χ0) is 16.7. The Kier molecular flexibility index (Phi) is 5.51. The van der Waals surface area contributed by atoms with Crippen LogP contribution in [0.25, 0.3) is 6.08 Å². The molecule has 120 valence electrons. The fraction of sp³-hybridized carbons (Fsp3) is 0.188. The van der Waals surface area contributed by atoms with E-state index in [0.29, 0.717) is 17.1 Å². The van der Waals surface area contributed by atoms with Crippen LogP contribution < -0.4 is 15.2 Å². The van der Waals surface area contributed by atoms with Gasteiger partial charge in [0, 0.05) is 0 Å². The maximum absolute atomic E-state index is 5.83. The van der Waals surface area contributed by atoms with E-state index in [2.05, 4.69) is 20.0 Å². The van der Waals surface area contributed by atoms with Gasteiger partial charge in [0.05, 0.1) is 13.3 Å². The zero-order valence-electron chi connectivity index (χ0n) is 13.2. The first-order chi connectivity index (χ1) is 11.2. The van der Waals surface area contributed by atoms with E-state index >= 15 is 0 Å². The summed E-state index contributed by atoms with van der Waals surface area (Å²) >= 11 is 0. The lowest BCUT2D eigenvalue weighted by atomic mass is 10.2. The van der Waals surface area contributed by atoms with E-state index in [1.807, 2.05) is 31.2 Å². The second kappa shape index (κ2) is 7.79. The monoisotopic (exact) mass is 314 g/mol. The molecule has 0 aliphatic heterocycles. The average molecular weight is 314 g/mol. The van der Waals surface area contributed by atoms with Crippen molar-refractivity contribution in [2.75, 3.05) is 20.0 Å². The molecule has 0 unspecified atom stereocenters. The van der Waals surface area contributed by atoms with Crippen LogP contribution in [0.2, 0.25) is 0 Å². The number of anilines is 1. The molecule has 0 radical (unpaired) electrons. The number of rotatable bonds is 6. The minimum absolute atomic E-state index is 0.236. The summed E-state index contributed by atoms with van der Waals surface area (Å²) in [7, 11) is 3.00. The summed E-state index contributed by atoms with van der Waals surface area (Å²) in [5.74, 6) is 1.58. The van der Waals surface area contributed by atoms with Crippen molar-refractivity contribution in [3.8, 4) is 17.4 Å². The van der Waals surface area contributed by atoms with Gasteiger partial charge >= 0.3 is 0 Å². The van der Waals surface area contributed by atoms with E-state index in [4.69, 9.17) is 15.2 Å². The summed E-state index contributed by atoms with van der Waals surface area (Å²) in [6.07, 6.45) is 6.62. The van der Waals surface area contributed by atoms with Crippen LogP contribution in [0.1, 0.15) is 18.1 Å². The molecule has 1 aromatic carbocycles. The summed E-state index contributed by atoms with van der Waals surface area (Å²) in [4.78, 5) is 12.7. The van der Waals surface area contributed by atoms with E-state index in [1.54, 1.807) is 13.2 Å². The summed E-state index contributed by atoms with van der Waals surface area (Å²) in [6.45, 7) is 1.95. The molecule has 2 aromatic rings. The predicted octanol–water partition coefficient (Wildman–Crippen LogP) is 2.87. The van der Waals surface area contributed by atoms with Gasteiger partial charge in [-0.2, -0.15) is 0 Å². The number of allylic oxidation sites excluding steroid dienone is 1. The molecular formula is C16H18N4O3. The maximum atomic E-state index is 5.83. The minimum atomic E-state index is 0.236. The van der Waals surface area contributed by atoms with E-state index < -0.39 is 0 Å². The molecule has 0 saturated carbocycles. The SMILES string of the molecule is CC=Cc1ccc(Oc2ncnc(N)c2C=NOC)c(OC)c1. The van der Waals surface area contributed by atoms with Crippen molar-refractivity contribution in [1.29, 1.82) is 0 Å². The fourth-order valence-electron chi connectivity index (χ4n) is 1.87. The smallest absolute Gasteiger partial charge is 0.233 e. The fourth-order valence-corrected chi connectivity index (χ4v) is 1.87. The van der Waals surface area contributed by atoms with Crippen LogP contribution in [0.5, 0.6) is 17.4 Å². The molecule has 0 aliphatic carbocycles. The number of nitrogens with two attached hydrogens (primary N) is 1. The highest BCUT2D eigenvalue weighted by atomic mass is 16.6. The van der Waals surface area contributed by atoms with E-state index in [1.165, 1.54) is 19.7 Å². The first kappa shape index (κ1) is 16.3. The van der Waals surface area contributed by atoms with Crippen LogP contribution in [-0.2, 0) is 4.84 Å². The number of benzene rings is 1. The molecule has 7 nitrogen and oxygen atoms in total. The zero-order valence-corrected chi connectivity index (χ0v) is 13.2. The van der Waals surface area contributed by atoms with Crippen LogP contribution >= 0.6 is 0 Å². The normalized spacial score (nSPS) is 11.1. The number of hydrogen-bond acceptors (Lipinski definition) is 7. The Hall–Kier alpha value is -3.09. The molecule has 1 aromatic heterocycles. The molecule has 0 fully saturated rings. The number of oxime groups is 1. The maximum Gasteiger partial charge on any atom is 0.233 e. The average Bonchev–Trinajstić information content (AvgIpc) is 2.56. The minimum Gasteiger partial charge on any atom is -0.493 e. The van der Waals surface area contributed by atoms with Gasteiger partial charge < -0.3 is 20.0 Å². The number of hydrogen-bond donors (Lipinski definition) is 1. The number of nitrogen functional groups attached to an aromatic ring is 1. The van der Waals surface area contributed by atoms with Crippen LogP contribution in [0.15, 0.2) is 35.8 Å². The molecule has 0 spiro atoms. The largest absolute Gasteiger partial charge is 0.493 e. The molecule has 23 heavy (non-hydrogen) atoms. The molecule has 0 aliphatic rings. The Bertz CT molecular complexity index is 729. The highest BCUT2D eigenvalue weighted by molar-refractivity contribution is 5.88. The van der Waals surface area contributed by atoms with Crippen molar-refractivity contribution >= 4 is 18.1 Å². The van der Waals surface area contributed by atoms with Crippen molar-refractivity contribution in [2.24, 2.45) is 5.16 Å². The van der Waals surface area contributed by atoms with Crippen molar-refractivity contribution < 1.29 is 14.3 Å². The lowest BCUT2D eigenvalue weighted by molar-refractivity contribution is 0.215. The Labute approximate surface area is 134 Å². The van der Waals surface area contributed by atoms with Crippen LogP contribution in [0.3, 0.4) is 0 Å². The van der Waals surface area contributed by atoms with Gasteiger partial charge in [-0.05, 0) is 24.6 Å². The highest BCUT2D eigenvalue weighted by Crippen LogP contribution is 2.33. The van der Waals surface area contributed by atoms with E-state index in [9.17, 15) is 0 Å². The Morgan fingerprint density at radius 3 is 2.70 bits per heavy atom. The highest BCUT2D eigenvalue weighted by Gasteiger charge is 2.13. The standard InChI is InChI=1S/C16H18N4O3/c1-4-5-11-6-7-13(14(8-11)21-2)23-16-12(9-20-22-3)15(17)18-10-19-16/h4-10H,1-3H3,(H2,17,18,19). The van der Waals surface area contributed by atoms with Gasteiger partial charge in [0.25, 0.3) is 0 Å². The van der Waals surface area contributed by atoms with Crippen molar-refractivity contribution in [2.45, 2.75) is 6.92 Å². The number of methoxy groups -OCH3 is 1. The molecule has 7 heteroatoms. The topological polar surface area (TPSA) is 91.9 Å². The summed E-state index contributed by atoms with van der Waals surface area (Å²) < 4.78 is 11.2. The third kappa shape index (κ3) is 3.97. The molecular weight excluding hydrogens is 296 g/mol. The molecule has 0 atom stereocenters. The lowest BCUT2D eigenvalue weighted by Crippen LogP contribution is -2.03. The van der Waals surface area contributed by atoms with Gasteiger partial charge in [-0.1, -0.05) is 23.4 Å². The number of ether oxygens (including phenoxy) is 2. The van der Waals surface area contributed by atoms with Gasteiger partial charge in [0.15, 0.2) is 11.5 Å². The first-order valence-corrected chi connectivity index (χ1v) is 6.85. The quantitative estimate of drug-likeness (QED) is 0.651. The third-order valence-electron chi connectivity index (χ3n) is 2.92. The summed E-state index contributed by atoms with van der Waals surface area (Å²) in [5.41, 5.74) is 7.26. The summed E-state index contributed by atoms with van der Waals surface area (Å²) in [5, 5.41) is 3.68. The number of aromatic nitrogens is 2. The van der Waals surface area contributed by atoms with Crippen molar-refractivity contribution in [3.63, 3.8) is 0 Å². The van der Waals surface area contributed by atoms with E-state index in [0.717, 1.165) is 5.56 Å². The molecule has 1 heterocycles. The molecule has 2 N–H and O–H groups in total. The Morgan fingerprint density at radius 1 is 1.17 bits per heavy atom.